The Kier molecular flexibility index (Phi) is 7.10. The van der Waals surface area contributed by atoms with E-state index in [1.165, 1.54) is 50.5 Å². The molecule has 112 valence electrons. The van der Waals surface area contributed by atoms with Crippen LogP contribution in [0.5, 0.6) is 0 Å². The minimum atomic E-state index is 0.515. The highest BCUT2D eigenvalue weighted by Crippen LogP contribution is 2.19. The van der Waals surface area contributed by atoms with Crippen LogP contribution in [0.15, 0.2) is 30.3 Å². The summed E-state index contributed by atoms with van der Waals surface area (Å²) >= 11 is 0. The number of aryl methyl sites for hydroxylation is 1. The molecular weight excluding hydrogens is 246 g/mol. The molecule has 1 aliphatic rings. The number of nitrogens with one attached hydrogen (secondary N) is 1. The van der Waals surface area contributed by atoms with E-state index in [2.05, 4.69) is 42.6 Å². The molecule has 1 N–H and O–H groups in total. The molecule has 0 aliphatic carbocycles. The monoisotopic (exact) mass is 275 g/mol. The molecule has 2 unspecified atom stereocenters. The lowest BCUT2D eigenvalue weighted by Crippen LogP contribution is -2.31. The molecular formula is C18H29NO. The van der Waals surface area contributed by atoms with Crippen molar-refractivity contribution in [2.75, 3.05) is 13.2 Å². The third-order valence-electron chi connectivity index (χ3n) is 4.23. The SMILES string of the molecule is CCNC(CCc1ccccc1)CCC1CCCCO1. The van der Waals surface area contributed by atoms with Crippen LogP contribution in [0.3, 0.4) is 0 Å². The van der Waals surface area contributed by atoms with E-state index in [1.807, 2.05) is 0 Å². The average Bonchev–Trinajstić information content (AvgIpc) is 2.52. The van der Waals surface area contributed by atoms with Crippen LogP contribution in [-0.2, 0) is 11.2 Å². The summed E-state index contributed by atoms with van der Waals surface area (Å²) in [4.78, 5) is 0. The normalized spacial score (nSPS) is 20.8. The second-order valence-corrected chi connectivity index (χ2v) is 5.84. The summed E-state index contributed by atoms with van der Waals surface area (Å²) in [7, 11) is 0. The summed E-state index contributed by atoms with van der Waals surface area (Å²) in [6, 6.07) is 11.4. The minimum Gasteiger partial charge on any atom is -0.378 e. The second kappa shape index (κ2) is 9.15. The van der Waals surface area contributed by atoms with E-state index in [-0.39, 0.29) is 0 Å². The molecule has 0 spiro atoms. The molecule has 1 heterocycles. The van der Waals surface area contributed by atoms with Crippen LogP contribution >= 0.6 is 0 Å². The number of hydrogen-bond acceptors (Lipinski definition) is 2. The molecule has 0 amide bonds. The molecule has 0 saturated carbocycles. The lowest BCUT2D eigenvalue weighted by atomic mass is 9.97. The Labute approximate surface area is 123 Å². The molecule has 1 aliphatic heterocycles. The molecule has 1 fully saturated rings. The first-order chi connectivity index (χ1) is 9.88. The molecule has 2 atom stereocenters. The van der Waals surface area contributed by atoms with Gasteiger partial charge in [-0.3, -0.25) is 0 Å². The fourth-order valence-corrected chi connectivity index (χ4v) is 3.04. The van der Waals surface area contributed by atoms with Gasteiger partial charge in [-0.15, -0.1) is 0 Å². The summed E-state index contributed by atoms with van der Waals surface area (Å²) < 4.78 is 5.84. The van der Waals surface area contributed by atoms with Crippen molar-refractivity contribution >= 4 is 0 Å². The second-order valence-electron chi connectivity index (χ2n) is 5.84. The van der Waals surface area contributed by atoms with E-state index in [4.69, 9.17) is 4.74 Å². The molecule has 0 radical (unpaired) electrons. The van der Waals surface area contributed by atoms with Gasteiger partial charge in [-0.25, -0.2) is 0 Å². The van der Waals surface area contributed by atoms with Gasteiger partial charge in [0, 0.05) is 12.6 Å². The molecule has 0 aromatic heterocycles. The maximum Gasteiger partial charge on any atom is 0.0575 e. The van der Waals surface area contributed by atoms with E-state index in [0.717, 1.165) is 13.2 Å². The minimum absolute atomic E-state index is 0.515. The van der Waals surface area contributed by atoms with Crippen LogP contribution in [0.4, 0.5) is 0 Å². The van der Waals surface area contributed by atoms with Gasteiger partial charge < -0.3 is 10.1 Å². The van der Waals surface area contributed by atoms with Crippen molar-refractivity contribution in [3.05, 3.63) is 35.9 Å². The van der Waals surface area contributed by atoms with Gasteiger partial charge in [-0.05, 0) is 57.1 Å². The quantitative estimate of drug-likeness (QED) is 0.775. The Morgan fingerprint density at radius 3 is 2.75 bits per heavy atom. The third-order valence-corrected chi connectivity index (χ3v) is 4.23. The zero-order chi connectivity index (χ0) is 14.0. The van der Waals surface area contributed by atoms with Crippen molar-refractivity contribution in [2.24, 2.45) is 0 Å². The topological polar surface area (TPSA) is 21.3 Å². The largest absolute Gasteiger partial charge is 0.378 e. The van der Waals surface area contributed by atoms with Crippen LogP contribution < -0.4 is 5.32 Å². The lowest BCUT2D eigenvalue weighted by molar-refractivity contribution is 0.00847. The van der Waals surface area contributed by atoms with Gasteiger partial charge >= 0.3 is 0 Å². The molecule has 2 heteroatoms. The Balaban J connectivity index is 1.71. The van der Waals surface area contributed by atoms with E-state index in [0.29, 0.717) is 12.1 Å². The molecule has 20 heavy (non-hydrogen) atoms. The number of benzene rings is 1. The fraction of sp³-hybridized carbons (Fsp3) is 0.667. The zero-order valence-electron chi connectivity index (χ0n) is 12.8. The Morgan fingerprint density at radius 2 is 2.05 bits per heavy atom. The summed E-state index contributed by atoms with van der Waals surface area (Å²) in [6.45, 7) is 4.23. The summed E-state index contributed by atoms with van der Waals surface area (Å²) in [5, 5.41) is 3.64. The number of hydrogen-bond donors (Lipinski definition) is 1. The van der Waals surface area contributed by atoms with E-state index < -0.39 is 0 Å². The number of rotatable bonds is 8. The highest BCUT2D eigenvalue weighted by molar-refractivity contribution is 5.14. The van der Waals surface area contributed by atoms with Gasteiger partial charge in [-0.1, -0.05) is 37.3 Å². The molecule has 1 aromatic carbocycles. The summed E-state index contributed by atoms with van der Waals surface area (Å²) in [5.41, 5.74) is 1.45. The first kappa shape index (κ1) is 15.5. The van der Waals surface area contributed by atoms with Crippen LogP contribution in [0.25, 0.3) is 0 Å². The zero-order valence-corrected chi connectivity index (χ0v) is 12.8. The van der Waals surface area contributed by atoms with Gasteiger partial charge in [0.05, 0.1) is 6.10 Å². The first-order valence-corrected chi connectivity index (χ1v) is 8.27. The van der Waals surface area contributed by atoms with Crippen LogP contribution in [0, 0.1) is 0 Å². The summed E-state index contributed by atoms with van der Waals surface area (Å²) in [6.07, 6.45) is 9.23. The third kappa shape index (κ3) is 5.64. The fourth-order valence-electron chi connectivity index (χ4n) is 3.04. The van der Waals surface area contributed by atoms with Crippen molar-refractivity contribution in [2.45, 2.75) is 64.0 Å². The van der Waals surface area contributed by atoms with Crippen molar-refractivity contribution in [3.63, 3.8) is 0 Å². The predicted octanol–water partition coefficient (Wildman–Crippen LogP) is 3.95. The van der Waals surface area contributed by atoms with E-state index in [1.54, 1.807) is 0 Å². The standard InChI is InChI=1S/C18H29NO/c1-2-19-17(12-11-16-8-4-3-5-9-16)13-14-18-10-6-7-15-20-18/h3-5,8-9,17-19H,2,6-7,10-15H2,1H3. The first-order valence-electron chi connectivity index (χ1n) is 8.27. The Morgan fingerprint density at radius 1 is 1.20 bits per heavy atom. The van der Waals surface area contributed by atoms with E-state index in [9.17, 15) is 0 Å². The van der Waals surface area contributed by atoms with Crippen molar-refractivity contribution < 1.29 is 4.74 Å². The van der Waals surface area contributed by atoms with Gasteiger partial charge in [0.2, 0.25) is 0 Å². The summed E-state index contributed by atoms with van der Waals surface area (Å²) in [5.74, 6) is 0. The molecule has 1 saturated heterocycles. The van der Waals surface area contributed by atoms with E-state index >= 15 is 0 Å². The Bertz CT molecular complexity index is 346. The maximum atomic E-state index is 5.84. The molecule has 0 bridgehead atoms. The van der Waals surface area contributed by atoms with Crippen LogP contribution in [0.2, 0.25) is 0 Å². The number of ether oxygens (including phenoxy) is 1. The van der Waals surface area contributed by atoms with Crippen molar-refractivity contribution in [1.82, 2.24) is 5.32 Å². The van der Waals surface area contributed by atoms with Gasteiger partial charge in [0.1, 0.15) is 0 Å². The van der Waals surface area contributed by atoms with Crippen LogP contribution in [-0.4, -0.2) is 25.3 Å². The Hall–Kier alpha value is -0.860. The molecule has 2 nitrogen and oxygen atoms in total. The molecule has 1 aromatic rings. The van der Waals surface area contributed by atoms with Gasteiger partial charge in [0.15, 0.2) is 0 Å². The molecule has 2 rings (SSSR count). The lowest BCUT2D eigenvalue weighted by Gasteiger charge is -2.25. The highest BCUT2D eigenvalue weighted by Gasteiger charge is 2.16. The predicted molar refractivity (Wildman–Crippen MR) is 85.1 cm³/mol. The smallest absolute Gasteiger partial charge is 0.0575 e. The van der Waals surface area contributed by atoms with Gasteiger partial charge in [0.25, 0.3) is 0 Å². The van der Waals surface area contributed by atoms with Crippen molar-refractivity contribution in [1.29, 1.82) is 0 Å². The van der Waals surface area contributed by atoms with Crippen molar-refractivity contribution in [3.8, 4) is 0 Å². The van der Waals surface area contributed by atoms with Gasteiger partial charge in [-0.2, -0.15) is 0 Å². The average molecular weight is 275 g/mol. The highest BCUT2D eigenvalue weighted by atomic mass is 16.5. The van der Waals surface area contributed by atoms with Crippen LogP contribution in [0.1, 0.15) is 51.0 Å². The maximum absolute atomic E-state index is 5.84.